The largest absolute Gasteiger partial charge is 0.388 e. The van der Waals surface area contributed by atoms with Crippen molar-refractivity contribution < 1.29 is 33.0 Å². The minimum Gasteiger partial charge on any atom is -0.388 e. The number of hydrogen-bond donors (Lipinski definition) is 7. The summed E-state index contributed by atoms with van der Waals surface area (Å²) in [6, 6.07) is 21.7. The van der Waals surface area contributed by atoms with Gasteiger partial charge in [-0.25, -0.2) is 28.1 Å². The normalized spacial score (nSPS) is 23.5. The molecule has 1 aliphatic carbocycles. The summed E-state index contributed by atoms with van der Waals surface area (Å²) in [4.78, 5) is 56.0. The smallest absolute Gasteiger partial charge is 0.325 e. The zero-order valence-electron chi connectivity index (χ0n) is 31.3. The van der Waals surface area contributed by atoms with Crippen molar-refractivity contribution >= 4 is 56.6 Å². The second-order valence-corrected chi connectivity index (χ2v) is 16.3. The topological polar surface area (TPSA) is 250 Å². The van der Waals surface area contributed by atoms with E-state index in [1.165, 1.54) is 30.6 Å². The Morgan fingerprint density at radius 1 is 0.948 bits per heavy atom. The highest BCUT2D eigenvalue weighted by Crippen LogP contribution is 2.38. The minimum atomic E-state index is -3.88. The Hall–Kier alpha value is -6.15. The van der Waals surface area contributed by atoms with Crippen LogP contribution in [-0.4, -0.2) is 111 Å². The fraction of sp³-hybridized carbons (Fsp3) is 0.333. The van der Waals surface area contributed by atoms with E-state index in [0.717, 1.165) is 16.0 Å². The highest BCUT2D eigenvalue weighted by atomic mass is 32.2. The fourth-order valence-electron chi connectivity index (χ4n) is 8.01. The molecule has 6 atom stereocenters. The number of aliphatic hydroxyl groups is 2. The van der Waals surface area contributed by atoms with Crippen molar-refractivity contribution in [3.63, 3.8) is 0 Å². The molecule has 0 radical (unpaired) electrons. The van der Waals surface area contributed by atoms with Gasteiger partial charge in [-0.1, -0.05) is 60.7 Å². The third-order valence-corrected chi connectivity index (χ3v) is 11.9. The van der Waals surface area contributed by atoms with Crippen molar-refractivity contribution in [1.29, 1.82) is 0 Å². The van der Waals surface area contributed by atoms with Crippen LogP contribution in [0.15, 0.2) is 96.2 Å². The molecule has 302 valence electrons. The molecule has 0 spiro atoms. The van der Waals surface area contributed by atoms with Crippen LogP contribution in [0.1, 0.15) is 42.9 Å². The molecule has 5 amide bonds. The van der Waals surface area contributed by atoms with Gasteiger partial charge in [0.25, 0.3) is 5.91 Å². The highest BCUT2D eigenvalue weighted by molar-refractivity contribution is 7.89. The van der Waals surface area contributed by atoms with Crippen LogP contribution < -0.4 is 31.3 Å². The first-order valence-electron chi connectivity index (χ1n) is 18.9. The lowest BCUT2D eigenvalue weighted by Gasteiger charge is -2.24. The van der Waals surface area contributed by atoms with Crippen LogP contribution in [0.25, 0.3) is 11.2 Å². The molecule has 2 aromatic heterocycles. The molecule has 3 aliphatic rings. The number of hydrogen-bond acceptors (Lipinski definition) is 12. The van der Waals surface area contributed by atoms with Gasteiger partial charge in [0.2, 0.25) is 16.0 Å². The number of imidazole rings is 1. The number of nitrogens with one attached hydrogen (secondary N) is 4. The predicted octanol–water partition coefficient (Wildman–Crippen LogP) is 2.09. The van der Waals surface area contributed by atoms with Crippen molar-refractivity contribution in [3.05, 3.63) is 102 Å². The van der Waals surface area contributed by atoms with Gasteiger partial charge in [-0.3, -0.25) is 9.69 Å². The summed E-state index contributed by atoms with van der Waals surface area (Å²) in [5.74, 6) is 0.223. The maximum atomic E-state index is 13.0. The number of sulfonamides is 1. The number of amides is 5. The van der Waals surface area contributed by atoms with Gasteiger partial charge in [0, 0.05) is 37.3 Å². The lowest BCUT2D eigenvalue weighted by Crippen LogP contribution is -2.47. The Labute approximate surface area is 333 Å². The predicted molar refractivity (Wildman–Crippen MR) is 213 cm³/mol. The van der Waals surface area contributed by atoms with Crippen molar-refractivity contribution in [2.24, 2.45) is 5.14 Å². The van der Waals surface area contributed by atoms with Crippen molar-refractivity contribution in [1.82, 2.24) is 35.1 Å². The quantitative estimate of drug-likeness (QED) is 0.0949. The summed E-state index contributed by atoms with van der Waals surface area (Å²) in [6.45, 7) is 2.84. The van der Waals surface area contributed by atoms with E-state index in [1.807, 2.05) is 41.3 Å². The molecular formula is C39H43N11O7S. The summed E-state index contributed by atoms with van der Waals surface area (Å²) >= 11 is 0. The molecule has 2 saturated heterocycles. The molecule has 3 aromatic carbocycles. The molecule has 0 unspecified atom stereocenters. The molecule has 5 aromatic rings. The van der Waals surface area contributed by atoms with E-state index in [4.69, 9.17) is 20.1 Å². The monoisotopic (exact) mass is 809 g/mol. The molecule has 3 fully saturated rings. The van der Waals surface area contributed by atoms with Gasteiger partial charge in [-0.15, -0.1) is 0 Å². The molecule has 19 heteroatoms. The number of urea groups is 2. The Morgan fingerprint density at radius 3 is 2.22 bits per heavy atom. The van der Waals surface area contributed by atoms with Crippen molar-refractivity contribution in [3.8, 4) is 0 Å². The highest BCUT2D eigenvalue weighted by Gasteiger charge is 2.51. The first kappa shape index (κ1) is 38.7. The van der Waals surface area contributed by atoms with Gasteiger partial charge in [0.05, 0.1) is 23.3 Å². The van der Waals surface area contributed by atoms with Gasteiger partial charge < -0.3 is 40.9 Å². The molecule has 4 heterocycles. The average Bonchev–Trinajstić information content (AvgIpc) is 3.98. The van der Waals surface area contributed by atoms with E-state index in [9.17, 15) is 33.0 Å². The van der Waals surface area contributed by atoms with Gasteiger partial charge in [-0.05, 0) is 55.2 Å². The Kier molecular flexibility index (Phi) is 10.4. The number of rotatable bonds is 11. The summed E-state index contributed by atoms with van der Waals surface area (Å²) in [7, 11) is -3.88. The third kappa shape index (κ3) is 7.63. The van der Waals surface area contributed by atoms with Crippen LogP contribution in [0.2, 0.25) is 0 Å². The van der Waals surface area contributed by atoms with E-state index in [2.05, 4.69) is 45.5 Å². The number of benzene rings is 3. The zero-order chi connectivity index (χ0) is 40.7. The average molecular weight is 810 g/mol. The number of anilines is 3. The van der Waals surface area contributed by atoms with Crippen LogP contribution >= 0.6 is 0 Å². The Balaban J connectivity index is 1.08. The van der Waals surface area contributed by atoms with Gasteiger partial charge in [0.15, 0.2) is 17.0 Å². The minimum absolute atomic E-state index is 0.0570. The number of fused-ring (bicyclic) bond motifs is 1. The molecule has 8 rings (SSSR count). The second kappa shape index (κ2) is 15.7. The van der Waals surface area contributed by atoms with E-state index in [-0.39, 0.29) is 23.3 Å². The van der Waals surface area contributed by atoms with Crippen molar-refractivity contribution in [2.45, 2.75) is 67.0 Å². The fourth-order valence-corrected chi connectivity index (χ4v) is 8.52. The molecule has 0 bridgehead atoms. The number of carbonyl (C=O) groups is 3. The molecule has 8 N–H and O–H groups in total. The summed E-state index contributed by atoms with van der Waals surface area (Å²) in [6.07, 6.45) is -0.635. The summed E-state index contributed by atoms with van der Waals surface area (Å²) in [5.41, 5.74) is 3.34. The van der Waals surface area contributed by atoms with Crippen LogP contribution in [0, 0.1) is 0 Å². The zero-order valence-corrected chi connectivity index (χ0v) is 32.2. The molecule has 2 aliphatic heterocycles. The molecule has 18 nitrogen and oxygen atoms in total. The molecule has 1 saturated carbocycles. The number of primary sulfonamides is 1. The van der Waals surface area contributed by atoms with E-state index < -0.39 is 58.3 Å². The number of imide groups is 1. The van der Waals surface area contributed by atoms with Crippen LogP contribution in [0.3, 0.4) is 0 Å². The molecule has 58 heavy (non-hydrogen) atoms. The number of nitrogens with zero attached hydrogens (tertiary/aromatic N) is 6. The van der Waals surface area contributed by atoms with E-state index in [1.54, 1.807) is 11.5 Å². The lowest BCUT2D eigenvalue weighted by molar-refractivity contribution is -0.130. The van der Waals surface area contributed by atoms with E-state index in [0.29, 0.717) is 54.7 Å². The number of nitrogens with two attached hydrogens (primary N) is 1. The summed E-state index contributed by atoms with van der Waals surface area (Å²) < 4.78 is 24.9. The Bertz CT molecular complexity index is 2400. The van der Waals surface area contributed by atoms with Gasteiger partial charge in [0.1, 0.15) is 18.2 Å². The number of aliphatic hydroxyl groups excluding tert-OH is 2. The summed E-state index contributed by atoms with van der Waals surface area (Å²) in [5, 5.41) is 39.5. The third-order valence-electron chi connectivity index (χ3n) is 11.0. The maximum absolute atomic E-state index is 13.0. The Morgan fingerprint density at radius 2 is 1.60 bits per heavy atom. The van der Waals surface area contributed by atoms with Gasteiger partial charge >= 0.3 is 12.1 Å². The SMILES string of the molecule is C[C@@H]1NC(=O)N([C@H]2C[C@@H](n3cnc4c(NCC(c5ccccc5)c5ccccc5)nc(N5CC[C@@H](NC(=O)Nc6ccc(S(N)(=O)=O)cc6)C5)nc43)[C@H](O)[C@@H]2O)C1=O. The maximum Gasteiger partial charge on any atom is 0.325 e. The molecular weight excluding hydrogens is 767 g/mol. The standard InChI is InChI=1S/C39H43N11O7S/c1-22-36(53)50(39(55)43-22)30-18-29(32(51)33(30)52)49-21-42-31-34(41-19-28(23-8-4-2-5-9-23)24-10-6-3-7-11-24)46-37(47-35(31)49)48-17-16-26(20-48)45-38(54)44-25-12-14-27(15-13-25)58(40,56)57/h2-15,21-22,26,28-30,32-33,51-52H,16-20H2,1H3,(H,43,55)(H2,40,56,57)(H,41,46,47)(H2,44,45,54)/t22-,26+,29+,30-,32-,33+/m0/s1. The lowest BCUT2D eigenvalue weighted by atomic mass is 9.91. The van der Waals surface area contributed by atoms with Crippen molar-refractivity contribution in [2.75, 3.05) is 35.2 Å². The van der Waals surface area contributed by atoms with E-state index >= 15 is 0 Å². The van der Waals surface area contributed by atoms with Gasteiger partial charge in [-0.2, -0.15) is 9.97 Å². The number of carbonyl (C=O) groups excluding carboxylic acids is 3. The first-order valence-corrected chi connectivity index (χ1v) is 20.4. The van der Waals surface area contributed by atoms with Crippen LogP contribution in [0.4, 0.5) is 27.0 Å². The second-order valence-electron chi connectivity index (χ2n) is 14.8. The first-order chi connectivity index (χ1) is 27.9. The van der Waals surface area contributed by atoms with Crippen LogP contribution in [0.5, 0.6) is 0 Å². The number of aromatic nitrogens is 4. The van der Waals surface area contributed by atoms with Crippen LogP contribution in [-0.2, 0) is 14.8 Å².